The lowest BCUT2D eigenvalue weighted by Crippen LogP contribution is -2.22. The minimum Gasteiger partial charge on any atom is -0.469 e. The van der Waals surface area contributed by atoms with Crippen LogP contribution in [-0.4, -0.2) is 28.0 Å². The number of hydrogen-bond acceptors (Lipinski definition) is 4. The van der Waals surface area contributed by atoms with Crippen molar-refractivity contribution in [1.82, 2.24) is 4.72 Å². The summed E-state index contributed by atoms with van der Waals surface area (Å²) in [6, 6.07) is 9.27. The van der Waals surface area contributed by atoms with Crippen LogP contribution in [0.4, 0.5) is 0 Å². The summed E-state index contributed by atoms with van der Waals surface area (Å²) in [5.41, 5.74) is 0.843. The van der Waals surface area contributed by atoms with Crippen molar-refractivity contribution in [3.63, 3.8) is 0 Å². The molecule has 1 aromatic carbocycles. The van der Waals surface area contributed by atoms with Crippen molar-refractivity contribution in [2.45, 2.75) is 32.1 Å². The number of methoxy groups -OCH3 is 1. The Hall–Kier alpha value is -1.66. The predicted molar refractivity (Wildman–Crippen MR) is 87.5 cm³/mol. The molecule has 0 radical (unpaired) electrons. The maximum Gasteiger partial charge on any atom is 0.305 e. The van der Waals surface area contributed by atoms with Crippen LogP contribution >= 0.6 is 0 Å². The standard InChI is InChI=1S/C16H23NO4S/c1-21-16(18)11-7-2-3-8-13-17-22(19,20)14-12-15-9-5-4-6-10-15/h4-6,9-10,12,14,17H,2-3,7-8,11,13H2,1H3. The fourth-order valence-corrected chi connectivity index (χ4v) is 2.71. The van der Waals surface area contributed by atoms with Crippen molar-refractivity contribution >= 4 is 22.1 Å². The second-order valence-corrected chi connectivity index (χ2v) is 6.54. The Morgan fingerprint density at radius 1 is 1.14 bits per heavy atom. The van der Waals surface area contributed by atoms with E-state index >= 15 is 0 Å². The van der Waals surface area contributed by atoms with Crippen molar-refractivity contribution in [3.05, 3.63) is 41.3 Å². The zero-order valence-corrected chi connectivity index (χ0v) is 13.6. The average Bonchev–Trinajstić information content (AvgIpc) is 2.53. The van der Waals surface area contributed by atoms with E-state index < -0.39 is 10.0 Å². The van der Waals surface area contributed by atoms with Gasteiger partial charge in [-0.2, -0.15) is 0 Å². The SMILES string of the molecule is COC(=O)CCCCCCNS(=O)(=O)C=Cc1ccccc1. The molecule has 1 N–H and O–H groups in total. The van der Waals surface area contributed by atoms with Crippen LogP contribution in [0.2, 0.25) is 0 Å². The highest BCUT2D eigenvalue weighted by atomic mass is 32.2. The zero-order chi connectivity index (χ0) is 16.3. The van der Waals surface area contributed by atoms with Crippen LogP contribution < -0.4 is 4.72 Å². The predicted octanol–water partition coefficient (Wildman–Crippen LogP) is 2.70. The number of nitrogens with one attached hydrogen (secondary N) is 1. The Morgan fingerprint density at radius 2 is 1.82 bits per heavy atom. The van der Waals surface area contributed by atoms with Gasteiger partial charge in [-0.05, 0) is 24.5 Å². The lowest BCUT2D eigenvalue weighted by atomic mass is 10.1. The topological polar surface area (TPSA) is 72.5 Å². The molecule has 0 aliphatic rings. The molecule has 0 heterocycles. The van der Waals surface area contributed by atoms with E-state index in [0.29, 0.717) is 13.0 Å². The Kier molecular flexibility index (Phi) is 8.47. The molecular formula is C16H23NO4S. The normalized spacial score (nSPS) is 11.7. The number of unbranched alkanes of at least 4 members (excludes halogenated alkanes) is 3. The third kappa shape index (κ3) is 8.59. The third-order valence-corrected chi connectivity index (χ3v) is 4.18. The minimum absolute atomic E-state index is 0.202. The van der Waals surface area contributed by atoms with Crippen LogP contribution in [0.5, 0.6) is 0 Å². The summed E-state index contributed by atoms with van der Waals surface area (Å²) >= 11 is 0. The molecule has 0 aliphatic heterocycles. The highest BCUT2D eigenvalue weighted by Gasteiger charge is 2.04. The van der Waals surface area contributed by atoms with Crippen LogP contribution in [-0.2, 0) is 19.6 Å². The van der Waals surface area contributed by atoms with E-state index in [9.17, 15) is 13.2 Å². The van der Waals surface area contributed by atoms with Gasteiger partial charge in [-0.25, -0.2) is 13.1 Å². The van der Waals surface area contributed by atoms with Crippen molar-refractivity contribution < 1.29 is 17.9 Å². The van der Waals surface area contributed by atoms with Crippen LogP contribution in [0.1, 0.15) is 37.7 Å². The lowest BCUT2D eigenvalue weighted by molar-refractivity contribution is -0.140. The van der Waals surface area contributed by atoms with Crippen molar-refractivity contribution in [2.24, 2.45) is 0 Å². The van der Waals surface area contributed by atoms with E-state index in [0.717, 1.165) is 31.2 Å². The summed E-state index contributed by atoms with van der Waals surface area (Å²) in [6.45, 7) is 0.402. The molecule has 0 fully saturated rings. The molecule has 0 atom stereocenters. The van der Waals surface area contributed by atoms with Gasteiger partial charge < -0.3 is 4.74 Å². The van der Waals surface area contributed by atoms with Gasteiger partial charge in [0.15, 0.2) is 0 Å². The maximum atomic E-state index is 11.8. The summed E-state index contributed by atoms with van der Waals surface area (Å²) in [7, 11) is -2.02. The Morgan fingerprint density at radius 3 is 2.50 bits per heavy atom. The quantitative estimate of drug-likeness (QED) is 0.530. The molecule has 0 amide bonds. The average molecular weight is 325 g/mol. The van der Waals surface area contributed by atoms with E-state index in [1.165, 1.54) is 12.5 Å². The monoisotopic (exact) mass is 325 g/mol. The molecule has 0 unspecified atom stereocenters. The minimum atomic E-state index is -3.39. The summed E-state index contributed by atoms with van der Waals surface area (Å²) < 4.78 is 30.6. The number of esters is 1. The van der Waals surface area contributed by atoms with Crippen molar-refractivity contribution in [2.75, 3.05) is 13.7 Å². The Bertz CT molecular complexity index is 567. The Labute approximate surface area is 132 Å². The van der Waals surface area contributed by atoms with Gasteiger partial charge in [0.1, 0.15) is 0 Å². The van der Waals surface area contributed by atoms with E-state index in [1.54, 1.807) is 6.08 Å². The fraction of sp³-hybridized carbons (Fsp3) is 0.438. The van der Waals surface area contributed by atoms with Crippen LogP contribution in [0, 0.1) is 0 Å². The smallest absolute Gasteiger partial charge is 0.305 e. The second-order valence-electron chi connectivity index (χ2n) is 4.89. The van der Waals surface area contributed by atoms with Gasteiger partial charge in [0.25, 0.3) is 0 Å². The van der Waals surface area contributed by atoms with E-state index in [4.69, 9.17) is 0 Å². The highest BCUT2D eigenvalue weighted by Crippen LogP contribution is 2.05. The van der Waals surface area contributed by atoms with Crippen molar-refractivity contribution in [1.29, 1.82) is 0 Å². The first kappa shape index (κ1) is 18.4. The first-order chi connectivity index (χ1) is 10.5. The molecular weight excluding hydrogens is 302 g/mol. The van der Waals surface area contributed by atoms with Crippen molar-refractivity contribution in [3.8, 4) is 0 Å². The molecule has 0 aliphatic carbocycles. The van der Waals surface area contributed by atoms with Gasteiger partial charge in [-0.15, -0.1) is 0 Å². The summed E-state index contributed by atoms with van der Waals surface area (Å²) in [5, 5.41) is 1.18. The number of carbonyl (C=O) groups is 1. The molecule has 0 saturated carbocycles. The van der Waals surface area contributed by atoms with Gasteiger partial charge in [0, 0.05) is 18.4 Å². The van der Waals surface area contributed by atoms with Gasteiger partial charge in [-0.3, -0.25) is 4.79 Å². The van der Waals surface area contributed by atoms with Gasteiger partial charge in [-0.1, -0.05) is 43.2 Å². The number of carbonyl (C=O) groups excluding carboxylic acids is 1. The molecule has 122 valence electrons. The molecule has 5 nitrogen and oxygen atoms in total. The van der Waals surface area contributed by atoms with Gasteiger partial charge in [0.05, 0.1) is 7.11 Å². The van der Waals surface area contributed by atoms with E-state index in [2.05, 4.69) is 9.46 Å². The van der Waals surface area contributed by atoms with E-state index in [1.807, 2.05) is 30.3 Å². The lowest BCUT2D eigenvalue weighted by Gasteiger charge is -2.03. The molecule has 1 rings (SSSR count). The summed E-state index contributed by atoms with van der Waals surface area (Å²) in [5.74, 6) is -0.202. The van der Waals surface area contributed by atoms with Gasteiger partial charge in [0.2, 0.25) is 10.0 Å². The Balaban J connectivity index is 2.18. The molecule has 0 bridgehead atoms. The largest absolute Gasteiger partial charge is 0.469 e. The number of sulfonamides is 1. The molecule has 0 spiro atoms. The van der Waals surface area contributed by atoms with Gasteiger partial charge >= 0.3 is 5.97 Å². The fourth-order valence-electron chi connectivity index (χ4n) is 1.84. The molecule has 0 saturated heterocycles. The first-order valence-corrected chi connectivity index (χ1v) is 8.88. The summed E-state index contributed by atoms with van der Waals surface area (Å²) in [4.78, 5) is 10.9. The zero-order valence-electron chi connectivity index (χ0n) is 12.8. The van der Waals surface area contributed by atoms with Crippen LogP contribution in [0.15, 0.2) is 35.7 Å². The molecule has 1 aromatic rings. The summed E-state index contributed by atoms with van der Waals surface area (Å²) in [6.07, 6.45) is 5.27. The molecule has 0 aromatic heterocycles. The van der Waals surface area contributed by atoms with Crippen LogP contribution in [0.3, 0.4) is 0 Å². The molecule has 6 heteroatoms. The second kappa shape index (κ2) is 10.1. The first-order valence-electron chi connectivity index (χ1n) is 7.33. The van der Waals surface area contributed by atoms with E-state index in [-0.39, 0.29) is 5.97 Å². The molecule has 22 heavy (non-hydrogen) atoms. The maximum absolute atomic E-state index is 11.8. The third-order valence-electron chi connectivity index (χ3n) is 3.08. The number of hydrogen-bond donors (Lipinski definition) is 1. The number of rotatable bonds is 10. The number of ether oxygens (including phenoxy) is 1. The highest BCUT2D eigenvalue weighted by molar-refractivity contribution is 7.92. The van der Waals surface area contributed by atoms with Crippen LogP contribution in [0.25, 0.3) is 6.08 Å². The number of benzene rings is 1.